The zero-order valence-electron chi connectivity index (χ0n) is 12.9. The minimum Gasteiger partial charge on any atom is -0.359 e. The van der Waals surface area contributed by atoms with E-state index < -0.39 is 0 Å². The lowest BCUT2D eigenvalue weighted by atomic mass is 10.1. The van der Waals surface area contributed by atoms with Crippen LogP contribution in [0.5, 0.6) is 0 Å². The van der Waals surface area contributed by atoms with Gasteiger partial charge in [-0.2, -0.15) is 0 Å². The van der Waals surface area contributed by atoms with E-state index >= 15 is 0 Å². The average molecular weight is 317 g/mol. The topological polar surface area (TPSA) is 36.4 Å². The van der Waals surface area contributed by atoms with Crippen molar-refractivity contribution in [1.82, 2.24) is 0 Å². The van der Waals surface area contributed by atoms with Crippen molar-refractivity contribution in [1.29, 1.82) is 0 Å². The van der Waals surface area contributed by atoms with E-state index in [1.807, 2.05) is 54.6 Å². The predicted octanol–water partition coefficient (Wildman–Crippen LogP) is 4.81. The third-order valence-electron chi connectivity index (χ3n) is 3.95. The number of anilines is 2. The van der Waals surface area contributed by atoms with Gasteiger partial charge < -0.3 is 10.6 Å². The number of hydrogen-bond acceptors (Lipinski definition) is 3. The Morgan fingerprint density at radius 3 is 2.33 bits per heavy atom. The zero-order chi connectivity index (χ0) is 16.4. The molecular formula is C20H16FN3. The minimum atomic E-state index is -0.258. The molecule has 0 fully saturated rings. The largest absolute Gasteiger partial charge is 0.359 e. The van der Waals surface area contributed by atoms with Crippen LogP contribution in [-0.4, -0.2) is 5.84 Å². The molecule has 0 saturated carbocycles. The first-order chi connectivity index (χ1) is 11.8. The molecule has 2 N–H and O–H groups in total. The Hall–Kier alpha value is -3.14. The molecule has 0 amide bonds. The summed E-state index contributed by atoms with van der Waals surface area (Å²) in [4.78, 5) is 4.79. The molecule has 0 aliphatic carbocycles. The number of para-hydroxylation sites is 2. The molecule has 1 heterocycles. The Morgan fingerprint density at radius 1 is 0.833 bits per heavy atom. The number of fused-ring (bicyclic) bond motifs is 1. The van der Waals surface area contributed by atoms with Crippen molar-refractivity contribution < 1.29 is 4.39 Å². The summed E-state index contributed by atoms with van der Waals surface area (Å²) in [6, 6.07) is 24.4. The van der Waals surface area contributed by atoms with Crippen LogP contribution in [0.15, 0.2) is 83.9 Å². The van der Waals surface area contributed by atoms with Gasteiger partial charge >= 0.3 is 0 Å². The molecule has 0 bridgehead atoms. The molecule has 4 heteroatoms. The first-order valence-corrected chi connectivity index (χ1v) is 7.81. The van der Waals surface area contributed by atoms with Crippen molar-refractivity contribution in [3.63, 3.8) is 0 Å². The van der Waals surface area contributed by atoms with E-state index in [4.69, 9.17) is 4.99 Å². The number of amidine groups is 1. The highest BCUT2D eigenvalue weighted by Gasteiger charge is 2.21. The molecule has 3 nitrogen and oxygen atoms in total. The molecule has 1 aliphatic rings. The normalized spacial score (nSPS) is 15.9. The van der Waals surface area contributed by atoms with Gasteiger partial charge in [-0.05, 0) is 42.0 Å². The molecule has 0 radical (unpaired) electrons. The fourth-order valence-electron chi connectivity index (χ4n) is 2.75. The van der Waals surface area contributed by atoms with E-state index in [0.717, 1.165) is 28.3 Å². The van der Waals surface area contributed by atoms with Crippen LogP contribution in [0.1, 0.15) is 17.3 Å². The minimum absolute atomic E-state index is 0.249. The summed E-state index contributed by atoms with van der Waals surface area (Å²) in [5.41, 5.74) is 3.91. The molecule has 118 valence electrons. The third-order valence-corrected chi connectivity index (χ3v) is 3.95. The highest BCUT2D eigenvalue weighted by atomic mass is 19.1. The highest BCUT2D eigenvalue weighted by Crippen LogP contribution is 2.30. The Morgan fingerprint density at radius 2 is 1.54 bits per heavy atom. The van der Waals surface area contributed by atoms with Gasteiger partial charge in [-0.3, -0.25) is 0 Å². The maximum Gasteiger partial charge on any atom is 0.147 e. The number of benzene rings is 3. The second kappa shape index (κ2) is 6.16. The summed E-state index contributed by atoms with van der Waals surface area (Å²) < 4.78 is 13.2. The summed E-state index contributed by atoms with van der Waals surface area (Å²) in [5, 5.41) is 6.78. The fraction of sp³-hybridized carbons (Fsp3) is 0.0500. The molecule has 0 spiro atoms. The van der Waals surface area contributed by atoms with Gasteiger partial charge in [-0.25, -0.2) is 9.38 Å². The van der Waals surface area contributed by atoms with Crippen LogP contribution in [0.3, 0.4) is 0 Å². The van der Waals surface area contributed by atoms with Crippen molar-refractivity contribution >= 4 is 17.2 Å². The lowest BCUT2D eigenvalue weighted by molar-refractivity contribution is 0.626. The highest BCUT2D eigenvalue weighted by molar-refractivity contribution is 6.12. The molecule has 0 aromatic heterocycles. The lowest BCUT2D eigenvalue weighted by Gasteiger charge is -2.26. The molecule has 0 saturated heterocycles. The van der Waals surface area contributed by atoms with Crippen molar-refractivity contribution in [2.45, 2.75) is 6.17 Å². The van der Waals surface area contributed by atoms with Crippen LogP contribution in [0.25, 0.3) is 0 Å². The second-order valence-electron chi connectivity index (χ2n) is 5.61. The second-order valence-corrected chi connectivity index (χ2v) is 5.61. The van der Waals surface area contributed by atoms with Gasteiger partial charge in [0, 0.05) is 16.9 Å². The summed E-state index contributed by atoms with van der Waals surface area (Å²) in [6.07, 6.45) is -0.258. The Balaban J connectivity index is 1.73. The van der Waals surface area contributed by atoms with Crippen molar-refractivity contribution in [2.75, 3.05) is 10.6 Å². The third kappa shape index (κ3) is 2.86. The van der Waals surface area contributed by atoms with Crippen molar-refractivity contribution in [3.05, 3.63) is 95.8 Å². The SMILES string of the molecule is Fc1ccc(C2N=C(Nc3ccccc3)c3ccccc3N2)cc1. The summed E-state index contributed by atoms with van der Waals surface area (Å²) in [7, 11) is 0. The van der Waals surface area contributed by atoms with Crippen LogP contribution in [0, 0.1) is 5.82 Å². The van der Waals surface area contributed by atoms with Crippen LogP contribution < -0.4 is 10.6 Å². The molecule has 1 atom stereocenters. The van der Waals surface area contributed by atoms with E-state index in [1.54, 1.807) is 12.1 Å². The summed E-state index contributed by atoms with van der Waals surface area (Å²) >= 11 is 0. The lowest BCUT2D eigenvalue weighted by Crippen LogP contribution is -2.24. The quantitative estimate of drug-likeness (QED) is 0.711. The van der Waals surface area contributed by atoms with Crippen LogP contribution in [-0.2, 0) is 0 Å². The number of rotatable bonds is 2. The molecule has 3 aromatic rings. The van der Waals surface area contributed by atoms with Gasteiger partial charge in [0.15, 0.2) is 0 Å². The molecule has 3 aromatic carbocycles. The maximum absolute atomic E-state index is 13.2. The Bertz CT molecular complexity index is 873. The molecular weight excluding hydrogens is 301 g/mol. The monoisotopic (exact) mass is 317 g/mol. The van der Waals surface area contributed by atoms with Gasteiger partial charge in [0.2, 0.25) is 0 Å². The number of aliphatic imine (C=N–C) groups is 1. The number of hydrogen-bond donors (Lipinski definition) is 2. The van der Waals surface area contributed by atoms with E-state index in [-0.39, 0.29) is 12.0 Å². The number of nitrogens with one attached hydrogen (secondary N) is 2. The molecule has 1 aliphatic heterocycles. The molecule has 1 unspecified atom stereocenters. The van der Waals surface area contributed by atoms with Gasteiger partial charge in [-0.1, -0.05) is 42.5 Å². The maximum atomic E-state index is 13.2. The Labute approximate surface area is 139 Å². The number of halogens is 1. The first-order valence-electron chi connectivity index (χ1n) is 7.81. The van der Waals surface area contributed by atoms with Crippen molar-refractivity contribution in [2.24, 2.45) is 4.99 Å². The molecule has 24 heavy (non-hydrogen) atoms. The fourth-order valence-corrected chi connectivity index (χ4v) is 2.75. The Kier molecular flexibility index (Phi) is 3.71. The van der Waals surface area contributed by atoms with Gasteiger partial charge in [0.1, 0.15) is 17.8 Å². The van der Waals surface area contributed by atoms with E-state index in [1.165, 1.54) is 12.1 Å². The first kappa shape index (κ1) is 14.5. The van der Waals surface area contributed by atoms with E-state index in [9.17, 15) is 4.39 Å². The standard InChI is InChI=1S/C20H16FN3/c21-15-12-10-14(11-13-15)19-23-18-9-5-4-8-17(18)20(24-19)22-16-6-2-1-3-7-16/h1-13,19,23H,(H,22,24). The summed E-state index contributed by atoms with van der Waals surface area (Å²) in [6.45, 7) is 0. The van der Waals surface area contributed by atoms with Gasteiger partial charge in [0.25, 0.3) is 0 Å². The van der Waals surface area contributed by atoms with Crippen LogP contribution in [0.4, 0.5) is 15.8 Å². The smallest absolute Gasteiger partial charge is 0.147 e. The average Bonchev–Trinajstić information content (AvgIpc) is 2.63. The van der Waals surface area contributed by atoms with Gasteiger partial charge in [-0.15, -0.1) is 0 Å². The predicted molar refractivity (Wildman–Crippen MR) is 95.8 cm³/mol. The van der Waals surface area contributed by atoms with Crippen LogP contribution in [0.2, 0.25) is 0 Å². The van der Waals surface area contributed by atoms with Gasteiger partial charge in [0.05, 0.1) is 0 Å². The summed E-state index contributed by atoms with van der Waals surface area (Å²) in [5.74, 6) is 0.548. The molecule has 4 rings (SSSR count). The zero-order valence-corrected chi connectivity index (χ0v) is 12.9. The van der Waals surface area contributed by atoms with Crippen molar-refractivity contribution in [3.8, 4) is 0 Å². The van der Waals surface area contributed by atoms with E-state index in [0.29, 0.717) is 0 Å². The van der Waals surface area contributed by atoms with E-state index in [2.05, 4.69) is 10.6 Å². The van der Waals surface area contributed by atoms with Crippen LogP contribution >= 0.6 is 0 Å². The number of nitrogens with zero attached hydrogens (tertiary/aromatic N) is 1.